The Morgan fingerprint density at radius 1 is 0.818 bits per heavy atom. The van der Waals surface area contributed by atoms with Crippen LogP contribution < -0.4 is 10.2 Å². The summed E-state index contributed by atoms with van der Waals surface area (Å²) >= 11 is 6.18. The Hall–Kier alpha value is -4.07. The first-order valence-electron chi connectivity index (χ1n) is 13.6. The van der Waals surface area contributed by atoms with Gasteiger partial charge in [0.05, 0.1) is 16.0 Å². The van der Waals surface area contributed by atoms with Crippen LogP contribution in [0, 0.1) is 0 Å². The zero-order valence-electron chi connectivity index (χ0n) is 23.4. The number of hydrazone groups is 1. The van der Waals surface area contributed by atoms with E-state index in [1.54, 1.807) is 66.7 Å². The molecule has 13 heteroatoms. The van der Waals surface area contributed by atoms with E-state index in [0.29, 0.717) is 22.9 Å². The first-order chi connectivity index (χ1) is 21.2. The average molecular weight is 653 g/mol. The van der Waals surface area contributed by atoms with Crippen LogP contribution in [-0.4, -0.2) is 63.2 Å². The maximum atomic E-state index is 13.5. The molecule has 4 aromatic rings. The molecule has 0 unspecified atom stereocenters. The smallest absolute Gasteiger partial charge is 0.259 e. The van der Waals surface area contributed by atoms with Crippen LogP contribution in [0.4, 0.5) is 0 Å². The number of halogens is 1. The predicted molar refractivity (Wildman–Crippen MR) is 167 cm³/mol. The number of hydrogen-bond donors (Lipinski definition) is 1. The molecule has 1 amide bonds. The molecule has 1 N–H and O–H groups in total. The minimum absolute atomic E-state index is 0.00230. The SMILES string of the molecule is O=C(N/N=C\c1ccc(OCc2ccccc2Cl)cc1)[C@H]1CN(S(=O)(=O)c2ccccc2)CCN1S(=O)(=O)c1ccccc1. The molecule has 5 rings (SSSR count). The van der Waals surface area contributed by atoms with Crippen molar-refractivity contribution in [1.29, 1.82) is 0 Å². The molecule has 1 aliphatic rings. The molecule has 1 atom stereocenters. The van der Waals surface area contributed by atoms with Gasteiger partial charge in [0, 0.05) is 30.2 Å². The van der Waals surface area contributed by atoms with Gasteiger partial charge in [0.25, 0.3) is 5.91 Å². The van der Waals surface area contributed by atoms with Gasteiger partial charge in [0.1, 0.15) is 18.4 Å². The molecule has 1 saturated heterocycles. The van der Waals surface area contributed by atoms with Gasteiger partial charge in [-0.15, -0.1) is 0 Å². The minimum Gasteiger partial charge on any atom is -0.489 e. The number of hydrogen-bond acceptors (Lipinski definition) is 7. The summed E-state index contributed by atoms with van der Waals surface area (Å²) < 4.78 is 61.7. The van der Waals surface area contributed by atoms with Crippen molar-refractivity contribution < 1.29 is 26.4 Å². The first kappa shape index (κ1) is 31.4. The van der Waals surface area contributed by atoms with Gasteiger partial charge in [0.15, 0.2) is 0 Å². The molecular weight excluding hydrogens is 624 g/mol. The predicted octanol–water partition coefficient (Wildman–Crippen LogP) is 4.13. The van der Waals surface area contributed by atoms with E-state index in [4.69, 9.17) is 16.3 Å². The minimum atomic E-state index is -4.12. The molecule has 0 aromatic heterocycles. The summed E-state index contributed by atoms with van der Waals surface area (Å²) in [5.74, 6) is -0.164. The van der Waals surface area contributed by atoms with Crippen molar-refractivity contribution in [2.45, 2.75) is 22.4 Å². The van der Waals surface area contributed by atoms with Gasteiger partial charge in [0.2, 0.25) is 20.0 Å². The van der Waals surface area contributed by atoms with E-state index in [0.717, 1.165) is 14.2 Å². The number of amides is 1. The summed E-state index contributed by atoms with van der Waals surface area (Å²) in [6.07, 6.45) is 1.40. The van der Waals surface area contributed by atoms with Gasteiger partial charge >= 0.3 is 0 Å². The topological polar surface area (TPSA) is 125 Å². The lowest BCUT2D eigenvalue weighted by molar-refractivity contribution is -0.125. The van der Waals surface area contributed by atoms with Gasteiger partial charge in [-0.1, -0.05) is 66.2 Å². The summed E-state index contributed by atoms with van der Waals surface area (Å²) in [6, 6.07) is 28.4. The lowest BCUT2D eigenvalue weighted by atomic mass is 10.2. The van der Waals surface area contributed by atoms with Crippen molar-refractivity contribution >= 4 is 43.8 Å². The molecule has 1 aliphatic heterocycles. The summed E-state index contributed by atoms with van der Waals surface area (Å²) in [5, 5.41) is 4.63. The zero-order chi connectivity index (χ0) is 31.2. The summed E-state index contributed by atoms with van der Waals surface area (Å²) in [6.45, 7) is -0.436. The second-order valence-corrected chi connectivity index (χ2v) is 14.0. The van der Waals surface area contributed by atoms with Crippen LogP contribution in [-0.2, 0) is 31.4 Å². The van der Waals surface area contributed by atoms with Crippen molar-refractivity contribution in [2.75, 3.05) is 19.6 Å². The fourth-order valence-electron chi connectivity index (χ4n) is 4.60. The largest absolute Gasteiger partial charge is 0.489 e. The molecule has 1 fully saturated rings. The Morgan fingerprint density at radius 3 is 2.05 bits per heavy atom. The molecule has 44 heavy (non-hydrogen) atoms. The highest BCUT2D eigenvalue weighted by Crippen LogP contribution is 2.25. The van der Waals surface area contributed by atoms with Gasteiger partial charge in [-0.25, -0.2) is 22.3 Å². The molecular formula is C31H29ClN4O6S2. The van der Waals surface area contributed by atoms with E-state index in [2.05, 4.69) is 10.5 Å². The third-order valence-corrected chi connectivity index (χ3v) is 11.1. The van der Waals surface area contributed by atoms with E-state index in [1.807, 2.05) is 18.2 Å². The van der Waals surface area contributed by atoms with E-state index < -0.39 is 32.0 Å². The maximum Gasteiger partial charge on any atom is 0.259 e. The number of sulfonamides is 2. The second kappa shape index (κ2) is 13.7. The number of benzene rings is 4. The fraction of sp³-hybridized carbons (Fsp3) is 0.161. The molecule has 0 aliphatic carbocycles. The van der Waals surface area contributed by atoms with Crippen molar-refractivity contribution in [2.24, 2.45) is 5.10 Å². The molecule has 0 saturated carbocycles. The molecule has 1 heterocycles. The van der Waals surface area contributed by atoms with Crippen LogP contribution in [0.1, 0.15) is 11.1 Å². The Balaban J connectivity index is 1.30. The van der Waals surface area contributed by atoms with E-state index in [-0.39, 0.29) is 29.4 Å². The molecule has 0 spiro atoms. The van der Waals surface area contributed by atoms with Crippen LogP contribution >= 0.6 is 11.6 Å². The van der Waals surface area contributed by atoms with Crippen LogP contribution in [0.25, 0.3) is 0 Å². The highest BCUT2D eigenvalue weighted by atomic mass is 35.5. The molecule has 4 aromatic carbocycles. The maximum absolute atomic E-state index is 13.5. The molecule has 10 nitrogen and oxygen atoms in total. The summed E-state index contributed by atoms with van der Waals surface area (Å²) in [5.41, 5.74) is 3.88. The van der Waals surface area contributed by atoms with Crippen molar-refractivity contribution in [3.05, 3.63) is 125 Å². The summed E-state index contributed by atoms with van der Waals surface area (Å²) in [7, 11) is -8.10. The van der Waals surface area contributed by atoms with Gasteiger partial charge in [-0.3, -0.25) is 4.79 Å². The highest BCUT2D eigenvalue weighted by molar-refractivity contribution is 7.89. The average Bonchev–Trinajstić information content (AvgIpc) is 3.05. The molecule has 228 valence electrons. The van der Waals surface area contributed by atoms with Gasteiger partial charge in [-0.2, -0.15) is 13.7 Å². The third kappa shape index (κ3) is 7.17. The lowest BCUT2D eigenvalue weighted by Gasteiger charge is -2.38. The monoisotopic (exact) mass is 652 g/mol. The van der Waals surface area contributed by atoms with E-state index in [9.17, 15) is 21.6 Å². The van der Waals surface area contributed by atoms with Gasteiger partial charge in [-0.05, 0) is 60.2 Å². The standard InChI is InChI=1S/C31H29ClN4O6S2/c32-29-14-8-7-9-25(29)23-42-26-17-15-24(16-18-26)21-33-34-31(37)30-22-35(43(38,39)27-10-3-1-4-11-27)19-20-36(30)44(40,41)28-12-5-2-6-13-28/h1-18,21,30H,19-20,22-23H2,(H,34,37)/b33-21-/t30-/m1/s1. The number of ether oxygens (including phenoxy) is 1. The Bertz CT molecular complexity index is 1840. The number of carbonyl (C=O) groups excluding carboxylic acids is 1. The fourth-order valence-corrected chi connectivity index (χ4v) is 7.84. The van der Waals surface area contributed by atoms with Crippen molar-refractivity contribution in [3.63, 3.8) is 0 Å². The Kier molecular flexibility index (Phi) is 9.77. The normalized spacial score (nSPS) is 16.5. The van der Waals surface area contributed by atoms with E-state index >= 15 is 0 Å². The Morgan fingerprint density at radius 2 is 1.41 bits per heavy atom. The lowest BCUT2D eigenvalue weighted by Crippen LogP contribution is -2.60. The molecule has 0 bridgehead atoms. The highest BCUT2D eigenvalue weighted by Gasteiger charge is 2.43. The van der Waals surface area contributed by atoms with Crippen LogP contribution in [0.2, 0.25) is 5.02 Å². The number of nitrogens with one attached hydrogen (secondary N) is 1. The number of rotatable bonds is 10. The first-order valence-corrected chi connectivity index (χ1v) is 16.8. The number of nitrogens with zero attached hydrogens (tertiary/aromatic N) is 3. The third-order valence-electron chi connectivity index (χ3n) is 6.95. The summed E-state index contributed by atoms with van der Waals surface area (Å²) in [4.78, 5) is 13.5. The quantitative estimate of drug-likeness (QED) is 0.203. The Labute approximate surface area is 261 Å². The zero-order valence-corrected chi connectivity index (χ0v) is 25.7. The van der Waals surface area contributed by atoms with E-state index in [1.165, 1.54) is 30.5 Å². The van der Waals surface area contributed by atoms with Crippen molar-refractivity contribution in [3.8, 4) is 5.75 Å². The van der Waals surface area contributed by atoms with Crippen molar-refractivity contribution in [1.82, 2.24) is 14.0 Å². The molecule has 0 radical (unpaired) electrons. The number of piperazine rings is 1. The van der Waals surface area contributed by atoms with Crippen LogP contribution in [0.5, 0.6) is 5.75 Å². The van der Waals surface area contributed by atoms with Gasteiger partial charge < -0.3 is 4.74 Å². The van der Waals surface area contributed by atoms with Crippen LogP contribution in [0.15, 0.2) is 124 Å². The number of carbonyl (C=O) groups is 1. The second-order valence-electron chi connectivity index (χ2n) is 9.80. The van der Waals surface area contributed by atoms with Crippen LogP contribution in [0.3, 0.4) is 0 Å².